The van der Waals surface area contributed by atoms with Crippen LogP contribution in [0.2, 0.25) is 0 Å². The number of halogens is 1. The maximum Gasteiger partial charge on any atom is 0.233 e. The normalized spacial score (nSPS) is 25.5. The Kier molecular flexibility index (Phi) is 3.74. The van der Waals surface area contributed by atoms with Crippen LogP contribution in [-0.2, 0) is 10.2 Å². The van der Waals surface area contributed by atoms with Crippen LogP contribution < -0.4 is 5.73 Å². The van der Waals surface area contributed by atoms with Crippen molar-refractivity contribution in [3.8, 4) is 0 Å². The molecule has 1 aromatic carbocycles. The highest BCUT2D eigenvalue weighted by atomic mass is 19.1. The molecule has 1 aromatic rings. The molecular weight excluding hydrogens is 267 g/mol. The van der Waals surface area contributed by atoms with E-state index in [1.165, 1.54) is 6.07 Å². The van der Waals surface area contributed by atoms with E-state index in [0.29, 0.717) is 18.0 Å². The van der Waals surface area contributed by atoms with Crippen LogP contribution in [0.25, 0.3) is 0 Å². The van der Waals surface area contributed by atoms with E-state index in [-0.39, 0.29) is 17.8 Å². The zero-order chi connectivity index (χ0) is 15.0. The minimum absolute atomic E-state index is 0.0953. The lowest BCUT2D eigenvalue weighted by atomic mass is 9.89. The Morgan fingerprint density at radius 2 is 2.14 bits per heavy atom. The van der Waals surface area contributed by atoms with E-state index in [9.17, 15) is 9.18 Å². The van der Waals surface area contributed by atoms with E-state index in [2.05, 4.69) is 0 Å². The lowest BCUT2D eigenvalue weighted by Crippen LogP contribution is -2.48. The molecule has 3 rings (SSSR count). The van der Waals surface area contributed by atoms with Gasteiger partial charge in [-0.15, -0.1) is 0 Å². The summed E-state index contributed by atoms with van der Waals surface area (Å²) in [5.41, 5.74) is 5.95. The molecule has 4 heteroatoms. The van der Waals surface area contributed by atoms with Crippen LogP contribution in [-0.4, -0.2) is 29.9 Å². The van der Waals surface area contributed by atoms with Crippen molar-refractivity contribution in [2.45, 2.75) is 44.1 Å². The molecule has 0 radical (unpaired) electrons. The average molecular weight is 290 g/mol. The van der Waals surface area contributed by atoms with E-state index < -0.39 is 5.41 Å². The predicted molar refractivity (Wildman–Crippen MR) is 80.3 cm³/mol. The molecule has 3 nitrogen and oxygen atoms in total. The third-order valence-electron chi connectivity index (χ3n) is 5.04. The molecule has 2 atom stereocenters. The molecule has 1 saturated carbocycles. The Labute approximate surface area is 125 Å². The van der Waals surface area contributed by atoms with Gasteiger partial charge in [-0.25, -0.2) is 4.39 Å². The third-order valence-corrected chi connectivity index (χ3v) is 5.04. The molecule has 114 valence electrons. The molecule has 0 spiro atoms. The summed E-state index contributed by atoms with van der Waals surface area (Å²) in [6.45, 7) is 3.49. The highest BCUT2D eigenvalue weighted by molar-refractivity contribution is 5.91. The Balaban J connectivity index is 1.80. The summed E-state index contributed by atoms with van der Waals surface area (Å²) < 4.78 is 14.1. The van der Waals surface area contributed by atoms with Crippen molar-refractivity contribution in [3.05, 3.63) is 35.6 Å². The van der Waals surface area contributed by atoms with E-state index in [4.69, 9.17) is 5.73 Å². The van der Waals surface area contributed by atoms with Crippen molar-refractivity contribution in [2.24, 2.45) is 11.7 Å². The van der Waals surface area contributed by atoms with Crippen molar-refractivity contribution >= 4 is 5.91 Å². The number of carbonyl (C=O) groups is 1. The molecule has 1 aliphatic carbocycles. The number of rotatable bonds is 3. The summed E-state index contributed by atoms with van der Waals surface area (Å²) in [6.07, 6.45) is 3.58. The van der Waals surface area contributed by atoms with E-state index in [1.807, 2.05) is 17.9 Å². The van der Waals surface area contributed by atoms with E-state index in [1.54, 1.807) is 12.1 Å². The van der Waals surface area contributed by atoms with Gasteiger partial charge in [-0.05, 0) is 44.6 Å². The van der Waals surface area contributed by atoms with Crippen LogP contribution in [0.5, 0.6) is 0 Å². The molecule has 21 heavy (non-hydrogen) atoms. The lowest BCUT2D eigenvalue weighted by Gasteiger charge is -2.36. The molecule has 2 unspecified atom stereocenters. The number of piperidine rings is 1. The molecule has 2 fully saturated rings. The summed E-state index contributed by atoms with van der Waals surface area (Å²) in [5, 5.41) is 0. The Morgan fingerprint density at radius 1 is 1.43 bits per heavy atom. The molecule has 1 saturated heterocycles. The number of hydrogen-bond donors (Lipinski definition) is 1. The minimum Gasteiger partial charge on any atom is -0.342 e. The Bertz CT molecular complexity index is 539. The van der Waals surface area contributed by atoms with Gasteiger partial charge in [0, 0.05) is 24.7 Å². The molecule has 2 aliphatic rings. The summed E-state index contributed by atoms with van der Waals surface area (Å²) in [5.74, 6) is 0.196. The molecular formula is C17H23FN2O. The maximum atomic E-state index is 14.1. The van der Waals surface area contributed by atoms with Crippen molar-refractivity contribution in [2.75, 3.05) is 13.1 Å². The Hall–Kier alpha value is -1.42. The first-order chi connectivity index (χ1) is 10.0. The number of likely N-dealkylation sites (tertiary alicyclic amines) is 1. The fraction of sp³-hybridized carbons (Fsp3) is 0.588. The SMILES string of the molecule is CC(N)C1CCCN(C(=O)C2(c3ccccc3F)CC2)C1. The van der Waals surface area contributed by atoms with Gasteiger partial charge in [-0.1, -0.05) is 18.2 Å². The topological polar surface area (TPSA) is 46.3 Å². The van der Waals surface area contributed by atoms with Crippen LogP contribution in [0.4, 0.5) is 4.39 Å². The molecule has 2 N–H and O–H groups in total. The summed E-state index contributed by atoms with van der Waals surface area (Å²) in [4.78, 5) is 14.8. The van der Waals surface area contributed by atoms with Crippen molar-refractivity contribution in [1.29, 1.82) is 0 Å². The molecule has 0 aromatic heterocycles. The van der Waals surface area contributed by atoms with Crippen molar-refractivity contribution in [3.63, 3.8) is 0 Å². The summed E-state index contributed by atoms with van der Waals surface area (Å²) in [7, 11) is 0. The lowest BCUT2D eigenvalue weighted by molar-refractivity contribution is -0.136. The number of hydrogen-bond acceptors (Lipinski definition) is 2. The van der Waals surface area contributed by atoms with Gasteiger partial charge in [-0.3, -0.25) is 4.79 Å². The second kappa shape index (κ2) is 5.41. The van der Waals surface area contributed by atoms with Gasteiger partial charge in [0.1, 0.15) is 5.82 Å². The monoisotopic (exact) mass is 290 g/mol. The van der Waals surface area contributed by atoms with E-state index >= 15 is 0 Å². The number of nitrogens with two attached hydrogens (primary N) is 1. The minimum atomic E-state index is -0.606. The highest BCUT2D eigenvalue weighted by Gasteiger charge is 2.54. The van der Waals surface area contributed by atoms with E-state index in [0.717, 1.165) is 32.2 Å². The smallest absolute Gasteiger partial charge is 0.233 e. The molecule has 1 amide bonds. The van der Waals surface area contributed by atoms with Crippen LogP contribution in [0, 0.1) is 11.7 Å². The molecule has 0 bridgehead atoms. The second-order valence-electron chi connectivity index (χ2n) is 6.57. The molecule has 1 aliphatic heterocycles. The van der Waals surface area contributed by atoms with Crippen LogP contribution in [0.1, 0.15) is 38.2 Å². The predicted octanol–water partition coefficient (Wildman–Crippen LogP) is 2.44. The average Bonchev–Trinajstić information content (AvgIpc) is 3.28. The fourth-order valence-electron chi connectivity index (χ4n) is 3.50. The quantitative estimate of drug-likeness (QED) is 0.929. The van der Waals surface area contributed by atoms with Gasteiger partial charge >= 0.3 is 0 Å². The number of benzene rings is 1. The highest BCUT2D eigenvalue weighted by Crippen LogP contribution is 2.50. The first-order valence-corrected chi connectivity index (χ1v) is 7.84. The zero-order valence-electron chi connectivity index (χ0n) is 12.5. The second-order valence-corrected chi connectivity index (χ2v) is 6.57. The van der Waals surface area contributed by atoms with Gasteiger partial charge in [-0.2, -0.15) is 0 Å². The number of nitrogens with zero attached hydrogens (tertiary/aromatic N) is 1. The first kappa shape index (κ1) is 14.5. The molecule has 1 heterocycles. The van der Waals surface area contributed by atoms with Gasteiger partial charge in [0.05, 0.1) is 5.41 Å². The van der Waals surface area contributed by atoms with Crippen molar-refractivity contribution in [1.82, 2.24) is 4.90 Å². The maximum absolute atomic E-state index is 14.1. The van der Waals surface area contributed by atoms with Gasteiger partial charge < -0.3 is 10.6 Å². The van der Waals surface area contributed by atoms with Gasteiger partial charge in [0.2, 0.25) is 5.91 Å². The van der Waals surface area contributed by atoms with Crippen LogP contribution >= 0.6 is 0 Å². The van der Waals surface area contributed by atoms with Gasteiger partial charge in [0.15, 0.2) is 0 Å². The summed E-state index contributed by atoms with van der Waals surface area (Å²) in [6, 6.07) is 6.79. The zero-order valence-corrected chi connectivity index (χ0v) is 12.5. The van der Waals surface area contributed by atoms with Gasteiger partial charge in [0.25, 0.3) is 0 Å². The van der Waals surface area contributed by atoms with Crippen LogP contribution in [0.15, 0.2) is 24.3 Å². The first-order valence-electron chi connectivity index (χ1n) is 7.84. The third kappa shape index (κ3) is 2.57. The fourth-order valence-corrected chi connectivity index (χ4v) is 3.50. The van der Waals surface area contributed by atoms with Crippen molar-refractivity contribution < 1.29 is 9.18 Å². The number of carbonyl (C=O) groups excluding carboxylic acids is 1. The summed E-state index contributed by atoms with van der Waals surface area (Å²) >= 11 is 0. The standard InChI is InChI=1S/C17H23FN2O/c1-12(19)13-5-4-10-20(11-13)16(21)17(8-9-17)14-6-2-3-7-15(14)18/h2-3,6-7,12-13H,4-5,8-11,19H2,1H3. The van der Waals surface area contributed by atoms with Crippen LogP contribution in [0.3, 0.4) is 0 Å². The number of amides is 1. The largest absolute Gasteiger partial charge is 0.342 e. The Morgan fingerprint density at radius 3 is 2.76 bits per heavy atom.